The van der Waals surface area contributed by atoms with Crippen LogP contribution in [0.15, 0.2) is 24.3 Å². The standard InChI is InChI=1S/C16H25ClN2O/c1-3-14(18)15(12-5-7-13(17)8-6-12)19-10-4-9-16(2,20)11-19/h5-8,14-15,20H,3-4,9-11,18H2,1-2H3. The van der Waals surface area contributed by atoms with E-state index in [1.165, 1.54) is 5.56 Å². The minimum Gasteiger partial charge on any atom is -0.389 e. The Kier molecular flexibility index (Phi) is 5.08. The van der Waals surface area contributed by atoms with Gasteiger partial charge in [-0.1, -0.05) is 30.7 Å². The van der Waals surface area contributed by atoms with Crippen LogP contribution in [0, 0.1) is 0 Å². The maximum Gasteiger partial charge on any atom is 0.0746 e. The van der Waals surface area contributed by atoms with Crippen LogP contribution >= 0.6 is 11.6 Å². The van der Waals surface area contributed by atoms with Crippen molar-refractivity contribution in [1.29, 1.82) is 0 Å². The van der Waals surface area contributed by atoms with Crippen molar-refractivity contribution in [3.8, 4) is 0 Å². The largest absolute Gasteiger partial charge is 0.389 e. The summed E-state index contributed by atoms with van der Waals surface area (Å²) in [6.07, 6.45) is 2.78. The summed E-state index contributed by atoms with van der Waals surface area (Å²) >= 11 is 5.98. The lowest BCUT2D eigenvalue weighted by molar-refractivity contribution is -0.0343. The normalized spacial score (nSPS) is 27.2. The molecule has 0 saturated carbocycles. The van der Waals surface area contributed by atoms with Crippen LogP contribution in [0.2, 0.25) is 5.02 Å². The first-order valence-electron chi connectivity index (χ1n) is 7.40. The van der Waals surface area contributed by atoms with Crippen molar-refractivity contribution in [3.63, 3.8) is 0 Å². The van der Waals surface area contributed by atoms with Gasteiger partial charge in [0.25, 0.3) is 0 Å². The molecule has 0 amide bonds. The highest BCUT2D eigenvalue weighted by Gasteiger charge is 2.34. The van der Waals surface area contributed by atoms with Gasteiger partial charge in [-0.05, 0) is 50.4 Å². The zero-order valence-electron chi connectivity index (χ0n) is 12.3. The Morgan fingerprint density at radius 1 is 1.40 bits per heavy atom. The highest BCUT2D eigenvalue weighted by Crippen LogP contribution is 2.31. The summed E-state index contributed by atoms with van der Waals surface area (Å²) in [5, 5.41) is 11.1. The summed E-state index contributed by atoms with van der Waals surface area (Å²) in [5.41, 5.74) is 6.92. The molecule has 20 heavy (non-hydrogen) atoms. The van der Waals surface area contributed by atoms with E-state index in [9.17, 15) is 5.11 Å². The molecule has 0 bridgehead atoms. The van der Waals surface area contributed by atoms with E-state index in [1.807, 2.05) is 31.2 Å². The molecule has 0 radical (unpaired) electrons. The highest BCUT2D eigenvalue weighted by molar-refractivity contribution is 6.30. The van der Waals surface area contributed by atoms with Crippen molar-refractivity contribution in [2.75, 3.05) is 13.1 Å². The zero-order chi connectivity index (χ0) is 14.8. The molecule has 0 aliphatic carbocycles. The fraction of sp³-hybridized carbons (Fsp3) is 0.625. The fourth-order valence-electron chi connectivity index (χ4n) is 3.11. The minimum atomic E-state index is -0.615. The number of halogens is 1. The molecule has 1 aromatic carbocycles. The zero-order valence-corrected chi connectivity index (χ0v) is 13.1. The van der Waals surface area contributed by atoms with Crippen LogP contribution < -0.4 is 5.73 Å². The molecule has 3 nitrogen and oxygen atoms in total. The number of piperidine rings is 1. The maximum absolute atomic E-state index is 10.3. The van der Waals surface area contributed by atoms with Gasteiger partial charge in [0, 0.05) is 23.7 Å². The number of rotatable bonds is 4. The van der Waals surface area contributed by atoms with E-state index >= 15 is 0 Å². The topological polar surface area (TPSA) is 49.5 Å². The first-order chi connectivity index (χ1) is 9.43. The number of β-amino-alcohol motifs (C(OH)–C–C–N with tert-alkyl or cyclic N) is 1. The number of hydrogen-bond acceptors (Lipinski definition) is 3. The maximum atomic E-state index is 10.3. The molecule has 0 spiro atoms. The molecule has 1 fully saturated rings. The SMILES string of the molecule is CCC(N)C(c1ccc(Cl)cc1)N1CCCC(C)(O)C1. The van der Waals surface area contributed by atoms with Crippen LogP contribution in [0.25, 0.3) is 0 Å². The molecule has 1 aromatic rings. The van der Waals surface area contributed by atoms with Gasteiger partial charge in [0.05, 0.1) is 5.60 Å². The summed E-state index contributed by atoms with van der Waals surface area (Å²) in [6.45, 7) is 5.68. The molecule has 112 valence electrons. The Morgan fingerprint density at radius 3 is 2.60 bits per heavy atom. The lowest BCUT2D eigenvalue weighted by Crippen LogP contribution is -2.51. The number of nitrogens with two attached hydrogens (primary N) is 1. The molecule has 4 heteroatoms. The van der Waals surface area contributed by atoms with Crippen molar-refractivity contribution in [1.82, 2.24) is 4.90 Å². The molecule has 0 aromatic heterocycles. The lowest BCUT2D eigenvalue weighted by atomic mass is 9.89. The van der Waals surface area contributed by atoms with E-state index in [2.05, 4.69) is 11.8 Å². The summed E-state index contributed by atoms with van der Waals surface area (Å²) < 4.78 is 0. The second-order valence-corrected chi connectivity index (χ2v) is 6.58. The minimum absolute atomic E-state index is 0.0603. The third kappa shape index (κ3) is 3.73. The molecular formula is C16H25ClN2O. The van der Waals surface area contributed by atoms with Crippen LogP contribution in [-0.2, 0) is 0 Å². The lowest BCUT2D eigenvalue weighted by Gasteiger charge is -2.43. The van der Waals surface area contributed by atoms with Crippen molar-refractivity contribution in [3.05, 3.63) is 34.9 Å². The van der Waals surface area contributed by atoms with Crippen molar-refractivity contribution in [2.45, 2.75) is 50.8 Å². The van der Waals surface area contributed by atoms with Gasteiger partial charge >= 0.3 is 0 Å². The van der Waals surface area contributed by atoms with E-state index in [0.29, 0.717) is 6.54 Å². The second-order valence-electron chi connectivity index (χ2n) is 6.14. The average molecular weight is 297 g/mol. The number of benzene rings is 1. The number of likely N-dealkylation sites (tertiary alicyclic amines) is 1. The van der Waals surface area contributed by atoms with Crippen LogP contribution in [0.5, 0.6) is 0 Å². The Morgan fingerprint density at radius 2 is 2.05 bits per heavy atom. The molecule has 3 unspecified atom stereocenters. The molecule has 3 N–H and O–H groups in total. The monoisotopic (exact) mass is 296 g/mol. The molecule has 1 saturated heterocycles. The molecule has 1 aliphatic rings. The van der Waals surface area contributed by atoms with Crippen molar-refractivity contribution < 1.29 is 5.11 Å². The smallest absolute Gasteiger partial charge is 0.0746 e. The third-order valence-corrected chi connectivity index (χ3v) is 4.44. The second kappa shape index (κ2) is 6.44. The van der Waals surface area contributed by atoms with Gasteiger partial charge in [-0.2, -0.15) is 0 Å². The number of hydrogen-bond donors (Lipinski definition) is 2. The van der Waals surface area contributed by atoms with Crippen LogP contribution in [0.1, 0.15) is 44.7 Å². The molecular weight excluding hydrogens is 272 g/mol. The van der Waals surface area contributed by atoms with Gasteiger partial charge in [-0.15, -0.1) is 0 Å². The van der Waals surface area contributed by atoms with Crippen LogP contribution in [0.4, 0.5) is 0 Å². The predicted molar refractivity (Wildman–Crippen MR) is 83.9 cm³/mol. The Bertz CT molecular complexity index is 433. The summed E-state index contributed by atoms with van der Waals surface area (Å²) in [4.78, 5) is 2.32. The first kappa shape index (κ1) is 15.8. The summed E-state index contributed by atoms with van der Waals surface area (Å²) in [6, 6.07) is 8.12. The molecule has 1 heterocycles. The fourth-order valence-corrected chi connectivity index (χ4v) is 3.23. The summed E-state index contributed by atoms with van der Waals surface area (Å²) in [7, 11) is 0. The first-order valence-corrected chi connectivity index (χ1v) is 7.78. The van der Waals surface area contributed by atoms with Gasteiger partial charge in [0.1, 0.15) is 0 Å². The average Bonchev–Trinajstić information content (AvgIpc) is 2.40. The Balaban J connectivity index is 2.25. The van der Waals surface area contributed by atoms with Crippen LogP contribution in [0.3, 0.4) is 0 Å². The molecule has 3 atom stereocenters. The Hall–Kier alpha value is -0.610. The van der Waals surface area contributed by atoms with Crippen molar-refractivity contribution >= 4 is 11.6 Å². The predicted octanol–water partition coefficient (Wildman–Crippen LogP) is 2.97. The Labute approximate surface area is 126 Å². The highest BCUT2D eigenvalue weighted by atomic mass is 35.5. The van der Waals surface area contributed by atoms with E-state index in [0.717, 1.165) is 30.8 Å². The summed E-state index contributed by atoms with van der Waals surface area (Å²) in [5.74, 6) is 0. The van der Waals surface area contributed by atoms with Gasteiger partial charge < -0.3 is 10.8 Å². The number of nitrogens with zero attached hydrogens (tertiary/aromatic N) is 1. The van der Waals surface area contributed by atoms with Gasteiger partial charge in [-0.3, -0.25) is 4.90 Å². The molecule has 1 aliphatic heterocycles. The van der Waals surface area contributed by atoms with E-state index in [4.69, 9.17) is 17.3 Å². The van der Waals surface area contributed by atoms with E-state index in [-0.39, 0.29) is 12.1 Å². The van der Waals surface area contributed by atoms with Crippen LogP contribution in [-0.4, -0.2) is 34.7 Å². The van der Waals surface area contributed by atoms with Crippen molar-refractivity contribution in [2.24, 2.45) is 5.73 Å². The van der Waals surface area contributed by atoms with Gasteiger partial charge in [0.2, 0.25) is 0 Å². The third-order valence-electron chi connectivity index (χ3n) is 4.19. The quantitative estimate of drug-likeness (QED) is 0.898. The van der Waals surface area contributed by atoms with Gasteiger partial charge in [-0.25, -0.2) is 0 Å². The molecule has 2 rings (SSSR count). The number of aliphatic hydroxyl groups is 1. The van der Waals surface area contributed by atoms with E-state index < -0.39 is 5.60 Å². The van der Waals surface area contributed by atoms with Gasteiger partial charge in [0.15, 0.2) is 0 Å². The van der Waals surface area contributed by atoms with E-state index in [1.54, 1.807) is 0 Å².